The number of likely N-dealkylation sites (tertiary alicyclic amines) is 1. The van der Waals surface area contributed by atoms with E-state index in [0.717, 1.165) is 23.4 Å². The van der Waals surface area contributed by atoms with Gasteiger partial charge in [0.15, 0.2) is 10.8 Å². The van der Waals surface area contributed by atoms with Crippen LogP contribution in [-0.2, 0) is 6.54 Å². The Bertz CT molecular complexity index is 914. The van der Waals surface area contributed by atoms with E-state index in [0.29, 0.717) is 31.2 Å². The Kier molecular flexibility index (Phi) is 5.00. The van der Waals surface area contributed by atoms with E-state index in [1.165, 1.54) is 23.5 Å². The highest BCUT2D eigenvalue weighted by Gasteiger charge is 2.26. The van der Waals surface area contributed by atoms with E-state index in [1.54, 1.807) is 24.5 Å². The number of benzene rings is 1. The summed E-state index contributed by atoms with van der Waals surface area (Å²) < 4.78 is 15.1. The van der Waals surface area contributed by atoms with Gasteiger partial charge in [-0.1, -0.05) is 12.1 Å². The smallest absolute Gasteiger partial charge is 0.272 e. The zero-order valence-corrected chi connectivity index (χ0v) is 15.5. The topological polar surface area (TPSA) is 77.0 Å². The third-order valence-electron chi connectivity index (χ3n) is 4.78. The fourth-order valence-corrected chi connectivity index (χ4v) is 3.89. The molecule has 1 aliphatic rings. The fourth-order valence-electron chi connectivity index (χ4n) is 3.25. The number of carbonyl (C=O) groups excluding carboxylic acids is 1. The van der Waals surface area contributed by atoms with E-state index >= 15 is 0 Å². The van der Waals surface area contributed by atoms with Gasteiger partial charge in [0.2, 0.25) is 0 Å². The molecule has 1 aliphatic heterocycles. The molecule has 4 rings (SSSR count). The molecule has 6 nitrogen and oxygen atoms in total. The molecule has 2 N–H and O–H groups in total. The summed E-state index contributed by atoms with van der Waals surface area (Å²) in [7, 11) is 0. The molecule has 3 aromatic rings. The van der Waals surface area contributed by atoms with Gasteiger partial charge in [-0.25, -0.2) is 14.4 Å². The van der Waals surface area contributed by atoms with E-state index in [1.807, 2.05) is 14.8 Å². The Labute approximate surface area is 160 Å². The molecule has 1 amide bonds. The number of imidazole rings is 1. The highest BCUT2D eigenvalue weighted by atomic mass is 32.1. The lowest BCUT2D eigenvalue weighted by Gasteiger charge is -2.30. The molecular formula is C19H20FN5OS. The van der Waals surface area contributed by atoms with Crippen molar-refractivity contribution in [1.29, 1.82) is 0 Å². The molecule has 0 unspecified atom stereocenters. The molecule has 0 spiro atoms. The number of hydrogen-bond acceptors (Lipinski definition) is 5. The SMILES string of the molecule is NC1CCN(C(=O)c2cnc(-c3nccs3)n2Cc2ccc(F)cc2)CC1. The van der Waals surface area contributed by atoms with Crippen molar-refractivity contribution in [2.75, 3.05) is 13.1 Å². The van der Waals surface area contributed by atoms with Gasteiger partial charge < -0.3 is 15.2 Å². The van der Waals surface area contributed by atoms with Gasteiger partial charge in [0.1, 0.15) is 11.5 Å². The summed E-state index contributed by atoms with van der Waals surface area (Å²) in [5.41, 5.74) is 7.36. The normalized spacial score (nSPS) is 15.3. The Morgan fingerprint density at radius 2 is 1.96 bits per heavy atom. The number of halogens is 1. The summed E-state index contributed by atoms with van der Waals surface area (Å²) in [5, 5.41) is 2.62. The molecule has 0 bridgehead atoms. The van der Waals surface area contributed by atoms with Crippen LogP contribution >= 0.6 is 11.3 Å². The maximum atomic E-state index is 13.3. The Balaban J connectivity index is 1.68. The van der Waals surface area contributed by atoms with Crippen LogP contribution in [0.2, 0.25) is 0 Å². The first kappa shape index (κ1) is 17.8. The molecule has 0 radical (unpaired) electrons. The van der Waals surface area contributed by atoms with E-state index in [4.69, 9.17) is 5.73 Å². The summed E-state index contributed by atoms with van der Waals surface area (Å²) in [6.07, 6.45) is 4.93. The predicted octanol–water partition coefficient (Wildman–Crippen LogP) is 2.76. The van der Waals surface area contributed by atoms with Crippen molar-refractivity contribution in [3.05, 3.63) is 59.1 Å². The zero-order valence-electron chi connectivity index (χ0n) is 14.7. The van der Waals surface area contributed by atoms with Crippen molar-refractivity contribution in [3.63, 3.8) is 0 Å². The number of amides is 1. The maximum absolute atomic E-state index is 13.3. The number of hydrogen-bond donors (Lipinski definition) is 1. The Morgan fingerprint density at radius 1 is 1.22 bits per heavy atom. The van der Waals surface area contributed by atoms with Crippen molar-refractivity contribution in [3.8, 4) is 10.8 Å². The average molecular weight is 385 g/mol. The molecule has 1 saturated heterocycles. The van der Waals surface area contributed by atoms with Gasteiger partial charge in [-0.05, 0) is 30.5 Å². The van der Waals surface area contributed by atoms with Gasteiger partial charge in [-0.2, -0.15) is 0 Å². The summed E-state index contributed by atoms with van der Waals surface area (Å²) >= 11 is 1.47. The van der Waals surface area contributed by atoms with Gasteiger partial charge in [0, 0.05) is 37.3 Å². The molecule has 3 heterocycles. The number of aromatic nitrogens is 3. The minimum atomic E-state index is -0.287. The number of rotatable bonds is 4. The largest absolute Gasteiger partial charge is 0.337 e. The van der Waals surface area contributed by atoms with Crippen LogP contribution in [0, 0.1) is 5.82 Å². The first-order chi connectivity index (χ1) is 13.1. The van der Waals surface area contributed by atoms with Gasteiger partial charge >= 0.3 is 0 Å². The first-order valence-electron chi connectivity index (χ1n) is 8.86. The molecule has 0 saturated carbocycles. The summed E-state index contributed by atoms with van der Waals surface area (Å²) in [6, 6.07) is 6.43. The summed E-state index contributed by atoms with van der Waals surface area (Å²) in [6.45, 7) is 1.71. The first-order valence-corrected chi connectivity index (χ1v) is 9.74. The van der Waals surface area contributed by atoms with Crippen LogP contribution in [0.4, 0.5) is 4.39 Å². The van der Waals surface area contributed by atoms with E-state index in [-0.39, 0.29) is 17.8 Å². The molecule has 2 aromatic heterocycles. The molecule has 8 heteroatoms. The maximum Gasteiger partial charge on any atom is 0.272 e. The third kappa shape index (κ3) is 3.77. The minimum absolute atomic E-state index is 0.0562. The second kappa shape index (κ2) is 7.58. The molecule has 27 heavy (non-hydrogen) atoms. The Morgan fingerprint density at radius 3 is 2.63 bits per heavy atom. The quantitative estimate of drug-likeness (QED) is 0.749. The van der Waals surface area contributed by atoms with Crippen molar-refractivity contribution < 1.29 is 9.18 Å². The number of nitrogens with zero attached hydrogens (tertiary/aromatic N) is 4. The molecule has 1 aromatic carbocycles. The number of carbonyl (C=O) groups is 1. The van der Waals surface area contributed by atoms with Gasteiger partial charge in [-0.15, -0.1) is 11.3 Å². The number of thiazole rings is 1. The summed E-state index contributed by atoms with van der Waals surface area (Å²) in [4.78, 5) is 23.7. The molecular weight excluding hydrogens is 365 g/mol. The molecule has 0 atom stereocenters. The standard InChI is InChI=1S/C19H20FN5OS/c20-14-3-1-13(2-4-14)12-25-16(11-23-17(25)18-22-7-10-27-18)19(26)24-8-5-15(21)6-9-24/h1-4,7,10-11,15H,5-6,8-9,12,21H2. The number of piperidine rings is 1. The van der Waals surface area contributed by atoms with E-state index in [2.05, 4.69) is 9.97 Å². The van der Waals surface area contributed by atoms with Crippen molar-refractivity contribution in [2.45, 2.75) is 25.4 Å². The van der Waals surface area contributed by atoms with Gasteiger partial charge in [0.05, 0.1) is 6.20 Å². The lowest BCUT2D eigenvalue weighted by atomic mass is 10.1. The van der Waals surface area contributed by atoms with Crippen LogP contribution in [0.15, 0.2) is 42.0 Å². The third-order valence-corrected chi connectivity index (χ3v) is 5.55. The van der Waals surface area contributed by atoms with Crippen LogP contribution in [0.3, 0.4) is 0 Å². The van der Waals surface area contributed by atoms with Crippen molar-refractivity contribution >= 4 is 17.2 Å². The monoisotopic (exact) mass is 385 g/mol. The van der Waals surface area contributed by atoms with Crippen LogP contribution in [0.25, 0.3) is 10.8 Å². The van der Waals surface area contributed by atoms with Gasteiger partial charge in [-0.3, -0.25) is 4.79 Å². The second-order valence-electron chi connectivity index (χ2n) is 6.65. The highest BCUT2D eigenvalue weighted by molar-refractivity contribution is 7.13. The lowest BCUT2D eigenvalue weighted by molar-refractivity contribution is 0.0704. The van der Waals surface area contributed by atoms with Gasteiger partial charge in [0.25, 0.3) is 5.91 Å². The van der Waals surface area contributed by atoms with E-state index in [9.17, 15) is 9.18 Å². The zero-order chi connectivity index (χ0) is 18.8. The summed E-state index contributed by atoms with van der Waals surface area (Å²) in [5.74, 6) is 0.302. The van der Waals surface area contributed by atoms with Crippen LogP contribution < -0.4 is 5.73 Å². The van der Waals surface area contributed by atoms with Crippen LogP contribution in [0.1, 0.15) is 28.9 Å². The second-order valence-corrected chi connectivity index (χ2v) is 7.54. The van der Waals surface area contributed by atoms with Crippen LogP contribution in [0.5, 0.6) is 0 Å². The van der Waals surface area contributed by atoms with Crippen LogP contribution in [-0.4, -0.2) is 44.5 Å². The molecule has 140 valence electrons. The predicted molar refractivity (Wildman–Crippen MR) is 102 cm³/mol. The minimum Gasteiger partial charge on any atom is -0.337 e. The highest BCUT2D eigenvalue weighted by Crippen LogP contribution is 2.24. The number of nitrogens with two attached hydrogens (primary N) is 1. The Hall–Kier alpha value is -2.58. The molecule has 1 fully saturated rings. The fraction of sp³-hybridized carbons (Fsp3) is 0.316. The van der Waals surface area contributed by atoms with E-state index < -0.39 is 0 Å². The lowest BCUT2D eigenvalue weighted by Crippen LogP contribution is -2.43. The average Bonchev–Trinajstić information content (AvgIpc) is 3.33. The molecule has 0 aliphatic carbocycles. The van der Waals surface area contributed by atoms with Crippen molar-refractivity contribution in [1.82, 2.24) is 19.4 Å². The van der Waals surface area contributed by atoms with Crippen molar-refractivity contribution in [2.24, 2.45) is 5.73 Å².